The minimum atomic E-state index is -4.35. The van der Waals surface area contributed by atoms with Crippen molar-refractivity contribution < 1.29 is 22.9 Å². The van der Waals surface area contributed by atoms with Gasteiger partial charge in [-0.25, -0.2) is 0 Å². The van der Waals surface area contributed by atoms with Crippen LogP contribution in [-0.4, -0.2) is 41.9 Å². The average molecular weight is 768 g/mol. The third-order valence-corrected chi connectivity index (χ3v) is 11.4. The number of hydrogen-bond donors (Lipinski definition) is 3. The van der Waals surface area contributed by atoms with Gasteiger partial charge in [-0.1, -0.05) is 231 Å². The van der Waals surface area contributed by atoms with E-state index >= 15 is 0 Å². The maximum Gasteiger partial charge on any atom is 0.267 e. The second-order valence-electron chi connectivity index (χ2n) is 16.0. The van der Waals surface area contributed by atoms with Gasteiger partial charge in [0.25, 0.3) is 10.1 Å². The molecule has 0 aromatic heterocycles. The van der Waals surface area contributed by atoms with Crippen molar-refractivity contribution in [3.63, 3.8) is 0 Å². The van der Waals surface area contributed by atoms with Gasteiger partial charge in [0.1, 0.15) is 0 Å². The van der Waals surface area contributed by atoms with Crippen LogP contribution in [0, 0.1) is 0 Å². The van der Waals surface area contributed by atoms with Crippen LogP contribution in [0.3, 0.4) is 0 Å². The van der Waals surface area contributed by atoms with Crippen LogP contribution in [0.2, 0.25) is 0 Å². The minimum absolute atomic E-state index is 0.283. The Kier molecular flexibility index (Phi) is 39.6. The topological polar surface area (TPSA) is 104 Å². The van der Waals surface area contributed by atoms with Gasteiger partial charge in [0.15, 0.2) is 0 Å². The number of aliphatic hydroxyl groups is 1. The molecule has 1 amide bonds. The standard InChI is InChI=1S/C46H89NO5S/c1-3-5-7-9-11-13-15-17-19-21-23-24-25-27-29-31-33-35-37-39-41-45(48)44(43-53(50,51)52)47-46(49)42-40-38-36-34-32-30-28-26-22-20-18-16-14-12-10-8-6-4-2/h31,33,39,41,44-45,48H,3-30,32,34-38,40,42-43H2,1-2H3,(H,47,49)(H,50,51,52)/b33-31+,41-39+. The molecule has 0 heterocycles. The summed E-state index contributed by atoms with van der Waals surface area (Å²) < 4.78 is 32.6. The molecular weight excluding hydrogens is 679 g/mol. The number of allylic oxidation sites excluding steroid dienone is 3. The number of nitrogens with one attached hydrogen (secondary N) is 1. The van der Waals surface area contributed by atoms with Crippen molar-refractivity contribution in [1.29, 1.82) is 0 Å². The van der Waals surface area contributed by atoms with Crippen LogP contribution in [0.25, 0.3) is 0 Å². The number of carbonyl (C=O) groups is 1. The predicted molar refractivity (Wildman–Crippen MR) is 230 cm³/mol. The Balaban J connectivity index is 3.87. The zero-order valence-corrected chi connectivity index (χ0v) is 36.0. The third kappa shape index (κ3) is 41.8. The molecule has 0 rings (SSSR count). The molecule has 3 N–H and O–H groups in total. The minimum Gasteiger partial charge on any atom is -0.387 e. The third-order valence-electron chi connectivity index (χ3n) is 10.6. The van der Waals surface area contributed by atoms with Gasteiger partial charge in [-0.05, 0) is 32.1 Å². The Labute approximate surface area is 330 Å². The van der Waals surface area contributed by atoms with Crippen LogP contribution in [0.5, 0.6) is 0 Å². The van der Waals surface area contributed by atoms with Crippen LogP contribution in [0.15, 0.2) is 24.3 Å². The smallest absolute Gasteiger partial charge is 0.267 e. The molecule has 0 saturated carbocycles. The van der Waals surface area contributed by atoms with Crippen molar-refractivity contribution in [2.75, 3.05) is 5.75 Å². The van der Waals surface area contributed by atoms with E-state index in [1.807, 2.05) is 6.08 Å². The fourth-order valence-corrected chi connectivity index (χ4v) is 7.91. The fourth-order valence-electron chi connectivity index (χ4n) is 7.17. The number of rotatable bonds is 42. The van der Waals surface area contributed by atoms with Crippen LogP contribution in [0.4, 0.5) is 0 Å². The van der Waals surface area contributed by atoms with Crippen LogP contribution >= 0.6 is 0 Å². The Morgan fingerprint density at radius 1 is 0.491 bits per heavy atom. The SMILES string of the molecule is CCCCCCCCCCCCCCCC/C=C/CC/C=C/C(O)C(CS(=O)(=O)O)NC(=O)CCCCCCCCCCCCCCCCCCCC. The normalized spacial score (nSPS) is 13.4. The van der Waals surface area contributed by atoms with Gasteiger partial charge < -0.3 is 10.4 Å². The van der Waals surface area contributed by atoms with E-state index in [0.717, 1.165) is 38.5 Å². The summed E-state index contributed by atoms with van der Waals surface area (Å²) in [5.41, 5.74) is 0. The largest absolute Gasteiger partial charge is 0.387 e. The van der Waals surface area contributed by atoms with E-state index in [4.69, 9.17) is 0 Å². The lowest BCUT2D eigenvalue weighted by atomic mass is 10.0. The van der Waals surface area contributed by atoms with Crippen molar-refractivity contribution in [3.05, 3.63) is 24.3 Å². The summed E-state index contributed by atoms with van der Waals surface area (Å²) in [4.78, 5) is 12.5. The number of amides is 1. The quantitative estimate of drug-likeness (QED) is 0.0326. The lowest BCUT2D eigenvalue weighted by Gasteiger charge is -2.21. The van der Waals surface area contributed by atoms with Crippen LogP contribution < -0.4 is 5.32 Å². The molecule has 0 fully saturated rings. The average Bonchev–Trinajstić information content (AvgIpc) is 3.12. The lowest BCUT2D eigenvalue weighted by molar-refractivity contribution is -0.122. The number of aliphatic hydroxyl groups excluding tert-OH is 1. The molecule has 0 spiro atoms. The van der Waals surface area contributed by atoms with Crippen molar-refractivity contribution >= 4 is 16.0 Å². The molecule has 0 bridgehead atoms. The van der Waals surface area contributed by atoms with E-state index < -0.39 is 28.0 Å². The molecule has 0 aliphatic rings. The summed E-state index contributed by atoms with van der Waals surface area (Å²) in [6.45, 7) is 4.55. The highest BCUT2D eigenvalue weighted by molar-refractivity contribution is 7.85. The first-order valence-corrected chi connectivity index (χ1v) is 24.6. The molecule has 314 valence electrons. The summed E-state index contributed by atoms with van der Waals surface area (Å²) in [6.07, 6.45) is 51.8. The molecule has 0 aromatic rings. The lowest BCUT2D eigenvalue weighted by Crippen LogP contribution is -2.46. The van der Waals surface area contributed by atoms with E-state index in [2.05, 4.69) is 31.3 Å². The molecule has 7 heteroatoms. The highest BCUT2D eigenvalue weighted by atomic mass is 32.2. The summed E-state index contributed by atoms with van der Waals surface area (Å²) >= 11 is 0. The van der Waals surface area contributed by atoms with Gasteiger partial charge in [0.05, 0.1) is 17.9 Å². The molecular formula is C46H89NO5S. The fraction of sp³-hybridized carbons (Fsp3) is 0.891. The van der Waals surface area contributed by atoms with Gasteiger partial charge in [-0.2, -0.15) is 8.42 Å². The Morgan fingerprint density at radius 2 is 0.811 bits per heavy atom. The van der Waals surface area contributed by atoms with E-state index in [-0.39, 0.29) is 5.91 Å². The first-order valence-electron chi connectivity index (χ1n) is 23.0. The van der Waals surface area contributed by atoms with Crippen molar-refractivity contribution in [3.8, 4) is 0 Å². The molecule has 2 unspecified atom stereocenters. The highest BCUT2D eigenvalue weighted by Gasteiger charge is 2.24. The Morgan fingerprint density at radius 3 is 1.19 bits per heavy atom. The number of unbranched alkanes of at least 4 members (excludes halogenated alkanes) is 32. The molecule has 0 aliphatic carbocycles. The molecule has 0 radical (unpaired) electrons. The van der Waals surface area contributed by atoms with Gasteiger partial charge in [0.2, 0.25) is 5.91 Å². The molecule has 0 aliphatic heterocycles. The monoisotopic (exact) mass is 768 g/mol. The predicted octanol–water partition coefficient (Wildman–Crippen LogP) is 13.9. The maximum atomic E-state index is 12.5. The van der Waals surface area contributed by atoms with Crippen LogP contribution in [-0.2, 0) is 14.9 Å². The Bertz CT molecular complexity index is 934. The molecule has 0 saturated heterocycles. The van der Waals surface area contributed by atoms with Gasteiger partial charge in [-0.3, -0.25) is 9.35 Å². The highest BCUT2D eigenvalue weighted by Crippen LogP contribution is 2.16. The van der Waals surface area contributed by atoms with Gasteiger partial charge in [0, 0.05) is 6.42 Å². The van der Waals surface area contributed by atoms with Crippen LogP contribution in [0.1, 0.15) is 245 Å². The second kappa shape index (κ2) is 40.5. The Hall–Kier alpha value is -1.18. The number of carbonyl (C=O) groups excluding carboxylic acids is 1. The first kappa shape index (κ1) is 51.8. The van der Waals surface area contributed by atoms with E-state index in [1.54, 1.807) is 0 Å². The maximum absolute atomic E-state index is 12.5. The molecule has 6 nitrogen and oxygen atoms in total. The van der Waals surface area contributed by atoms with E-state index in [1.165, 1.54) is 192 Å². The molecule has 0 aromatic carbocycles. The molecule has 2 atom stereocenters. The van der Waals surface area contributed by atoms with Crippen molar-refractivity contribution in [2.45, 2.75) is 257 Å². The summed E-state index contributed by atoms with van der Waals surface area (Å²) in [5.74, 6) is -0.989. The summed E-state index contributed by atoms with van der Waals surface area (Å²) in [7, 11) is -4.35. The van der Waals surface area contributed by atoms with Crippen molar-refractivity contribution in [1.82, 2.24) is 5.32 Å². The summed E-state index contributed by atoms with van der Waals surface area (Å²) in [5, 5.41) is 13.3. The number of hydrogen-bond acceptors (Lipinski definition) is 4. The van der Waals surface area contributed by atoms with E-state index in [0.29, 0.717) is 6.42 Å². The van der Waals surface area contributed by atoms with E-state index in [9.17, 15) is 22.9 Å². The van der Waals surface area contributed by atoms with Gasteiger partial charge >= 0.3 is 0 Å². The summed E-state index contributed by atoms with van der Waals surface area (Å²) in [6, 6.07) is -1.07. The van der Waals surface area contributed by atoms with Crippen molar-refractivity contribution in [2.24, 2.45) is 0 Å². The van der Waals surface area contributed by atoms with Gasteiger partial charge in [-0.15, -0.1) is 0 Å². The molecule has 53 heavy (non-hydrogen) atoms. The first-order chi connectivity index (χ1) is 25.8. The zero-order chi connectivity index (χ0) is 38.9. The second-order valence-corrected chi connectivity index (χ2v) is 17.5. The zero-order valence-electron chi connectivity index (χ0n) is 35.2.